The van der Waals surface area contributed by atoms with Crippen molar-refractivity contribution in [3.63, 3.8) is 0 Å². The first-order valence-corrected chi connectivity index (χ1v) is 5.82. The van der Waals surface area contributed by atoms with E-state index in [4.69, 9.17) is 0 Å². The van der Waals surface area contributed by atoms with Crippen LogP contribution in [0.4, 0.5) is 0 Å². The summed E-state index contributed by atoms with van der Waals surface area (Å²) in [6.07, 6.45) is 3.63. The molecule has 3 N–H and O–H groups in total. The fourth-order valence-corrected chi connectivity index (χ4v) is 1.67. The number of nitrogens with one attached hydrogen (secondary N) is 3. The van der Waals surface area contributed by atoms with Crippen LogP contribution in [0, 0.1) is 0 Å². The zero-order chi connectivity index (χ0) is 12.5. The predicted molar refractivity (Wildman–Crippen MR) is 60.6 cm³/mol. The number of aromatic nitrogens is 6. The van der Waals surface area contributed by atoms with E-state index in [2.05, 4.69) is 35.7 Å². The number of carbonyl (C=O) groups is 1. The van der Waals surface area contributed by atoms with E-state index in [9.17, 15) is 4.79 Å². The molecule has 0 aromatic carbocycles. The second-order valence-electron chi connectivity index (χ2n) is 4.38. The van der Waals surface area contributed by atoms with Crippen molar-refractivity contribution in [1.29, 1.82) is 0 Å². The maximum absolute atomic E-state index is 11.9. The molecule has 1 amide bonds. The average Bonchev–Trinajstić information content (AvgIpc) is 2.91. The molecule has 0 bridgehead atoms. The Kier molecular flexibility index (Phi) is 2.54. The lowest BCUT2D eigenvalue weighted by Gasteiger charge is -2.08. The number of hydrogen-bond acceptors (Lipinski definition) is 5. The van der Waals surface area contributed by atoms with Crippen LogP contribution in [0.1, 0.15) is 54.0 Å². The summed E-state index contributed by atoms with van der Waals surface area (Å²) in [5, 5.41) is 15.9. The molecule has 1 fully saturated rings. The molecule has 94 valence electrons. The van der Waals surface area contributed by atoms with Crippen LogP contribution in [0.25, 0.3) is 0 Å². The van der Waals surface area contributed by atoms with Crippen LogP contribution in [0.15, 0.2) is 6.33 Å². The van der Waals surface area contributed by atoms with Crippen molar-refractivity contribution < 1.29 is 4.79 Å². The molecule has 1 saturated carbocycles. The molecule has 2 heterocycles. The van der Waals surface area contributed by atoms with Crippen LogP contribution in [0.3, 0.4) is 0 Å². The molecule has 1 aliphatic carbocycles. The average molecular weight is 247 g/mol. The number of H-pyrrole nitrogens is 2. The zero-order valence-electron chi connectivity index (χ0n) is 9.84. The van der Waals surface area contributed by atoms with E-state index in [1.807, 2.05) is 6.92 Å². The Hall–Kier alpha value is -2.25. The van der Waals surface area contributed by atoms with E-state index in [1.54, 1.807) is 0 Å². The molecular formula is C10H13N7O. The van der Waals surface area contributed by atoms with Gasteiger partial charge in [0, 0.05) is 5.92 Å². The van der Waals surface area contributed by atoms with Crippen LogP contribution >= 0.6 is 0 Å². The maximum Gasteiger partial charge on any atom is 0.291 e. The smallest absolute Gasteiger partial charge is 0.291 e. The van der Waals surface area contributed by atoms with Gasteiger partial charge in [0.15, 0.2) is 0 Å². The van der Waals surface area contributed by atoms with Crippen molar-refractivity contribution in [2.75, 3.05) is 0 Å². The van der Waals surface area contributed by atoms with Gasteiger partial charge in [-0.2, -0.15) is 5.10 Å². The van der Waals surface area contributed by atoms with Gasteiger partial charge in [0.05, 0.1) is 6.04 Å². The molecule has 18 heavy (non-hydrogen) atoms. The molecule has 2 aromatic heterocycles. The molecule has 1 aliphatic rings. The number of amides is 1. The lowest BCUT2D eigenvalue weighted by atomic mass is 10.3. The second kappa shape index (κ2) is 4.21. The molecule has 0 radical (unpaired) electrons. The molecular weight excluding hydrogens is 234 g/mol. The summed E-state index contributed by atoms with van der Waals surface area (Å²) in [4.78, 5) is 20.0. The van der Waals surface area contributed by atoms with Crippen molar-refractivity contribution in [3.05, 3.63) is 23.8 Å². The molecule has 8 nitrogen and oxygen atoms in total. The minimum absolute atomic E-state index is 0.170. The van der Waals surface area contributed by atoms with E-state index < -0.39 is 0 Å². The van der Waals surface area contributed by atoms with Gasteiger partial charge in [-0.1, -0.05) is 0 Å². The third-order valence-electron chi connectivity index (χ3n) is 2.86. The fourth-order valence-electron chi connectivity index (χ4n) is 1.67. The molecule has 2 aromatic rings. The lowest BCUT2D eigenvalue weighted by Crippen LogP contribution is -2.28. The maximum atomic E-state index is 11.9. The fraction of sp³-hybridized carbons (Fsp3) is 0.500. The molecule has 3 rings (SSSR count). The Labute approximate surface area is 103 Å². The van der Waals surface area contributed by atoms with E-state index in [0.29, 0.717) is 11.7 Å². The Morgan fingerprint density at radius 2 is 2.33 bits per heavy atom. The van der Waals surface area contributed by atoms with Gasteiger partial charge < -0.3 is 5.32 Å². The first kappa shape index (κ1) is 10.9. The second-order valence-corrected chi connectivity index (χ2v) is 4.38. The summed E-state index contributed by atoms with van der Waals surface area (Å²) in [5.41, 5.74) is 0. The first-order chi connectivity index (χ1) is 8.74. The van der Waals surface area contributed by atoms with Crippen molar-refractivity contribution in [3.8, 4) is 0 Å². The SMILES string of the molecule is CC(NC(=O)c1n[nH]c(C2CC2)n1)c1ncn[nH]1. The monoisotopic (exact) mass is 247 g/mol. The Morgan fingerprint density at radius 3 is 3.00 bits per heavy atom. The van der Waals surface area contributed by atoms with Crippen molar-refractivity contribution in [2.45, 2.75) is 31.7 Å². The number of aromatic amines is 2. The Balaban J connectivity index is 1.66. The third-order valence-corrected chi connectivity index (χ3v) is 2.86. The quantitative estimate of drug-likeness (QED) is 0.718. The van der Waals surface area contributed by atoms with Gasteiger partial charge in [0.2, 0.25) is 5.82 Å². The highest BCUT2D eigenvalue weighted by molar-refractivity contribution is 5.90. The number of nitrogens with zero attached hydrogens (tertiary/aromatic N) is 4. The van der Waals surface area contributed by atoms with E-state index in [1.165, 1.54) is 6.33 Å². The number of hydrogen-bond donors (Lipinski definition) is 3. The highest BCUT2D eigenvalue weighted by Gasteiger charge is 2.28. The van der Waals surface area contributed by atoms with Gasteiger partial charge in [-0.3, -0.25) is 15.0 Å². The Morgan fingerprint density at radius 1 is 1.50 bits per heavy atom. The summed E-state index contributed by atoms with van der Waals surface area (Å²) < 4.78 is 0. The normalized spacial score (nSPS) is 16.5. The van der Waals surface area contributed by atoms with Gasteiger partial charge in [0.25, 0.3) is 5.91 Å². The van der Waals surface area contributed by atoms with Crippen LogP contribution in [-0.2, 0) is 0 Å². The summed E-state index contributed by atoms with van der Waals surface area (Å²) in [5.74, 6) is 1.70. The van der Waals surface area contributed by atoms with E-state index >= 15 is 0 Å². The number of rotatable bonds is 4. The lowest BCUT2D eigenvalue weighted by molar-refractivity contribution is 0.0928. The van der Waals surface area contributed by atoms with Gasteiger partial charge in [-0.25, -0.2) is 9.97 Å². The minimum Gasteiger partial charge on any atom is -0.340 e. The number of carbonyl (C=O) groups excluding carboxylic acids is 1. The molecule has 0 spiro atoms. The van der Waals surface area contributed by atoms with Crippen LogP contribution in [0.2, 0.25) is 0 Å². The van der Waals surface area contributed by atoms with Crippen molar-refractivity contribution in [2.24, 2.45) is 0 Å². The van der Waals surface area contributed by atoms with Gasteiger partial charge in [-0.15, -0.1) is 5.10 Å². The molecule has 1 unspecified atom stereocenters. The Bertz CT molecular complexity index is 542. The predicted octanol–water partition coefficient (Wildman–Crippen LogP) is 0.291. The third kappa shape index (κ3) is 2.08. The van der Waals surface area contributed by atoms with Gasteiger partial charge in [0.1, 0.15) is 18.0 Å². The highest BCUT2D eigenvalue weighted by atomic mass is 16.2. The molecule has 0 saturated heterocycles. The topological polar surface area (TPSA) is 112 Å². The van der Waals surface area contributed by atoms with E-state index in [-0.39, 0.29) is 17.8 Å². The van der Waals surface area contributed by atoms with Gasteiger partial charge >= 0.3 is 0 Å². The van der Waals surface area contributed by atoms with Crippen LogP contribution in [0.5, 0.6) is 0 Å². The zero-order valence-corrected chi connectivity index (χ0v) is 9.84. The van der Waals surface area contributed by atoms with E-state index in [0.717, 1.165) is 18.7 Å². The first-order valence-electron chi connectivity index (χ1n) is 5.82. The van der Waals surface area contributed by atoms with Crippen molar-refractivity contribution in [1.82, 2.24) is 35.7 Å². The van der Waals surface area contributed by atoms with Crippen molar-refractivity contribution >= 4 is 5.91 Å². The molecule has 0 aliphatic heterocycles. The summed E-state index contributed by atoms with van der Waals surface area (Å²) in [7, 11) is 0. The summed E-state index contributed by atoms with van der Waals surface area (Å²) in [6, 6.07) is -0.261. The van der Waals surface area contributed by atoms with Gasteiger partial charge in [-0.05, 0) is 19.8 Å². The van der Waals surface area contributed by atoms with Crippen LogP contribution in [-0.4, -0.2) is 36.3 Å². The largest absolute Gasteiger partial charge is 0.340 e. The molecule has 8 heteroatoms. The summed E-state index contributed by atoms with van der Waals surface area (Å²) in [6.45, 7) is 1.81. The summed E-state index contributed by atoms with van der Waals surface area (Å²) >= 11 is 0. The highest BCUT2D eigenvalue weighted by Crippen LogP contribution is 2.37. The standard InChI is InChI=1S/C10H13N7O/c1-5(7-11-4-12-15-7)13-10(18)9-14-8(16-17-9)6-2-3-6/h4-6H,2-3H2,1H3,(H,13,18)(H,11,12,15)(H,14,16,17). The minimum atomic E-state index is -0.318. The molecule has 1 atom stereocenters. The van der Waals surface area contributed by atoms with Crippen LogP contribution < -0.4 is 5.32 Å².